The molecule has 0 unspecified atom stereocenters. The van der Waals surface area contributed by atoms with E-state index in [0.717, 1.165) is 19.3 Å². The summed E-state index contributed by atoms with van der Waals surface area (Å²) < 4.78 is 40.5. The van der Waals surface area contributed by atoms with Crippen LogP contribution in [0.4, 0.5) is 10.1 Å². The van der Waals surface area contributed by atoms with Crippen molar-refractivity contribution in [2.45, 2.75) is 38.0 Å². The molecule has 112 valence electrons. The number of anilines is 1. The molecule has 20 heavy (non-hydrogen) atoms. The van der Waals surface area contributed by atoms with E-state index in [1.807, 2.05) is 0 Å². The first kappa shape index (κ1) is 15.3. The van der Waals surface area contributed by atoms with Crippen LogP contribution in [0.3, 0.4) is 0 Å². The van der Waals surface area contributed by atoms with Crippen molar-refractivity contribution < 1.29 is 12.8 Å². The Morgan fingerprint density at radius 3 is 2.55 bits per heavy atom. The van der Waals surface area contributed by atoms with Crippen molar-refractivity contribution in [3.05, 3.63) is 23.5 Å². The lowest BCUT2D eigenvalue weighted by Crippen LogP contribution is -2.37. The zero-order valence-corrected chi connectivity index (χ0v) is 12.7. The minimum absolute atomic E-state index is 0.296. The second-order valence-electron chi connectivity index (χ2n) is 5.39. The van der Waals surface area contributed by atoms with E-state index in [4.69, 9.17) is 5.73 Å². The van der Waals surface area contributed by atoms with Gasteiger partial charge in [0.15, 0.2) is 0 Å². The summed E-state index contributed by atoms with van der Waals surface area (Å²) >= 11 is 0. The summed E-state index contributed by atoms with van der Waals surface area (Å²) in [7, 11) is -3.81. The first-order chi connectivity index (χ1) is 9.36. The van der Waals surface area contributed by atoms with Crippen LogP contribution in [0, 0.1) is 18.7 Å². The SMILES string of the molecule is CCN(CC1CCC1)S(=O)(=O)c1cc(N)c(C)cc1F. The lowest BCUT2D eigenvalue weighted by molar-refractivity contribution is 0.249. The first-order valence-corrected chi connectivity index (χ1v) is 8.36. The molecule has 1 aliphatic rings. The summed E-state index contributed by atoms with van der Waals surface area (Å²) in [5.41, 5.74) is 6.56. The molecule has 0 heterocycles. The maximum Gasteiger partial charge on any atom is 0.246 e. The second-order valence-corrected chi connectivity index (χ2v) is 7.30. The third-order valence-electron chi connectivity index (χ3n) is 3.98. The Balaban J connectivity index is 2.34. The quantitative estimate of drug-likeness (QED) is 0.850. The summed E-state index contributed by atoms with van der Waals surface area (Å²) in [5.74, 6) is -0.334. The van der Waals surface area contributed by atoms with Gasteiger partial charge in [0.25, 0.3) is 0 Å². The van der Waals surface area contributed by atoms with Gasteiger partial charge in [-0.1, -0.05) is 13.3 Å². The van der Waals surface area contributed by atoms with Crippen LogP contribution in [-0.4, -0.2) is 25.8 Å². The number of hydrogen-bond donors (Lipinski definition) is 1. The predicted octanol–water partition coefficient (Wildman–Crippen LogP) is 2.53. The lowest BCUT2D eigenvalue weighted by Gasteiger charge is -2.31. The third-order valence-corrected chi connectivity index (χ3v) is 5.93. The zero-order chi connectivity index (χ0) is 14.9. The van der Waals surface area contributed by atoms with Crippen LogP contribution in [0.15, 0.2) is 17.0 Å². The molecule has 1 aromatic carbocycles. The monoisotopic (exact) mass is 300 g/mol. The van der Waals surface area contributed by atoms with Crippen molar-refractivity contribution in [2.24, 2.45) is 5.92 Å². The normalized spacial score (nSPS) is 16.4. The molecule has 1 aliphatic carbocycles. The van der Waals surface area contributed by atoms with E-state index >= 15 is 0 Å². The van der Waals surface area contributed by atoms with Gasteiger partial charge in [-0.05, 0) is 43.4 Å². The number of sulfonamides is 1. The highest BCUT2D eigenvalue weighted by atomic mass is 32.2. The molecule has 0 bridgehead atoms. The Kier molecular flexibility index (Phi) is 4.34. The van der Waals surface area contributed by atoms with Crippen LogP contribution in [0.25, 0.3) is 0 Å². The molecule has 0 spiro atoms. The van der Waals surface area contributed by atoms with Gasteiger partial charge in [0.2, 0.25) is 10.0 Å². The Labute approximate surface area is 119 Å². The number of benzene rings is 1. The molecule has 0 atom stereocenters. The molecule has 6 heteroatoms. The number of nitrogens with zero attached hydrogens (tertiary/aromatic N) is 1. The Hall–Kier alpha value is -1.14. The Morgan fingerprint density at radius 1 is 1.40 bits per heavy atom. The molecule has 0 aliphatic heterocycles. The van der Waals surface area contributed by atoms with E-state index < -0.39 is 15.8 Å². The molecule has 0 amide bonds. The van der Waals surface area contributed by atoms with Crippen molar-refractivity contribution in [2.75, 3.05) is 18.8 Å². The van der Waals surface area contributed by atoms with E-state index in [1.54, 1.807) is 13.8 Å². The van der Waals surface area contributed by atoms with Gasteiger partial charge >= 0.3 is 0 Å². The highest BCUT2D eigenvalue weighted by Gasteiger charge is 2.30. The molecule has 0 saturated heterocycles. The fourth-order valence-corrected chi connectivity index (χ4v) is 3.97. The predicted molar refractivity (Wildman–Crippen MR) is 77.3 cm³/mol. The highest BCUT2D eigenvalue weighted by Crippen LogP contribution is 2.30. The van der Waals surface area contributed by atoms with Crippen molar-refractivity contribution in [1.82, 2.24) is 4.31 Å². The van der Waals surface area contributed by atoms with Gasteiger partial charge in [-0.2, -0.15) is 4.31 Å². The highest BCUT2D eigenvalue weighted by molar-refractivity contribution is 7.89. The van der Waals surface area contributed by atoms with E-state index in [1.165, 1.54) is 16.4 Å². The average Bonchev–Trinajstić information content (AvgIpc) is 2.32. The van der Waals surface area contributed by atoms with E-state index in [0.29, 0.717) is 30.3 Å². The van der Waals surface area contributed by atoms with Crippen molar-refractivity contribution >= 4 is 15.7 Å². The van der Waals surface area contributed by atoms with Gasteiger partial charge in [-0.25, -0.2) is 12.8 Å². The molecule has 2 rings (SSSR count). The standard InChI is InChI=1S/C14H21FN2O2S/c1-3-17(9-11-5-4-6-11)20(18,19)14-8-13(16)10(2)7-12(14)15/h7-8,11H,3-6,9,16H2,1-2H3. The van der Waals surface area contributed by atoms with Crippen molar-refractivity contribution in [3.63, 3.8) is 0 Å². The van der Waals surface area contributed by atoms with Crippen LogP contribution >= 0.6 is 0 Å². The molecule has 0 radical (unpaired) electrons. The van der Waals surface area contributed by atoms with E-state index in [9.17, 15) is 12.8 Å². The minimum Gasteiger partial charge on any atom is -0.398 e. The third kappa shape index (κ3) is 2.81. The summed E-state index contributed by atoms with van der Waals surface area (Å²) in [6.07, 6.45) is 3.24. The van der Waals surface area contributed by atoms with Crippen LogP contribution in [-0.2, 0) is 10.0 Å². The number of nitrogen functional groups attached to an aromatic ring is 1. The number of rotatable bonds is 5. The molecule has 2 N–H and O–H groups in total. The fourth-order valence-electron chi connectivity index (χ4n) is 2.37. The zero-order valence-electron chi connectivity index (χ0n) is 11.9. The minimum atomic E-state index is -3.81. The van der Waals surface area contributed by atoms with E-state index in [-0.39, 0.29) is 4.90 Å². The molecule has 4 nitrogen and oxygen atoms in total. The molecule has 1 aromatic rings. The molecule has 1 fully saturated rings. The second kappa shape index (κ2) is 5.69. The summed E-state index contributed by atoms with van der Waals surface area (Å²) in [5, 5.41) is 0. The van der Waals surface area contributed by atoms with Gasteiger partial charge in [0, 0.05) is 18.8 Å². The molecule has 0 aromatic heterocycles. The Morgan fingerprint density at radius 2 is 2.05 bits per heavy atom. The van der Waals surface area contributed by atoms with Crippen LogP contribution in [0.5, 0.6) is 0 Å². The summed E-state index contributed by atoms with van der Waals surface area (Å²) in [4.78, 5) is -0.318. The van der Waals surface area contributed by atoms with Gasteiger partial charge in [-0.3, -0.25) is 0 Å². The van der Waals surface area contributed by atoms with Crippen LogP contribution in [0.1, 0.15) is 31.7 Å². The van der Waals surface area contributed by atoms with Gasteiger partial charge < -0.3 is 5.73 Å². The van der Waals surface area contributed by atoms with Gasteiger partial charge in [-0.15, -0.1) is 0 Å². The molecular formula is C14H21FN2O2S. The molecular weight excluding hydrogens is 279 g/mol. The molecule has 1 saturated carbocycles. The maximum atomic E-state index is 14.0. The largest absolute Gasteiger partial charge is 0.398 e. The topological polar surface area (TPSA) is 63.4 Å². The Bertz CT molecular complexity index is 597. The van der Waals surface area contributed by atoms with Gasteiger partial charge in [0.05, 0.1) is 0 Å². The lowest BCUT2D eigenvalue weighted by atomic mass is 9.85. The summed E-state index contributed by atoms with van der Waals surface area (Å²) in [6.45, 7) is 4.23. The average molecular weight is 300 g/mol. The van der Waals surface area contributed by atoms with Crippen molar-refractivity contribution in [3.8, 4) is 0 Å². The number of aryl methyl sites for hydroxylation is 1. The van der Waals surface area contributed by atoms with E-state index in [2.05, 4.69) is 0 Å². The number of hydrogen-bond acceptors (Lipinski definition) is 3. The first-order valence-electron chi connectivity index (χ1n) is 6.92. The van der Waals surface area contributed by atoms with Crippen molar-refractivity contribution in [1.29, 1.82) is 0 Å². The fraction of sp³-hybridized carbons (Fsp3) is 0.571. The summed E-state index contributed by atoms with van der Waals surface area (Å²) in [6, 6.07) is 2.41. The smallest absolute Gasteiger partial charge is 0.246 e. The number of halogens is 1. The maximum absolute atomic E-state index is 14.0. The van der Waals surface area contributed by atoms with Crippen LogP contribution < -0.4 is 5.73 Å². The van der Waals surface area contributed by atoms with Crippen LogP contribution in [0.2, 0.25) is 0 Å². The number of nitrogens with two attached hydrogens (primary N) is 1. The van der Waals surface area contributed by atoms with Gasteiger partial charge in [0.1, 0.15) is 10.7 Å².